The Balaban J connectivity index is 1.41. The van der Waals surface area contributed by atoms with Crippen molar-refractivity contribution in [3.63, 3.8) is 0 Å². The lowest BCUT2D eigenvalue weighted by Gasteiger charge is -2.23. The number of rotatable bonds is 8. The van der Waals surface area contributed by atoms with Gasteiger partial charge in [-0.1, -0.05) is 66.3 Å². The Hall–Kier alpha value is -2.55. The van der Waals surface area contributed by atoms with Crippen LogP contribution in [0.1, 0.15) is 43.2 Å². The van der Waals surface area contributed by atoms with Crippen LogP contribution in [-0.4, -0.2) is 40.9 Å². The number of methoxy groups -OCH3 is 1. The summed E-state index contributed by atoms with van der Waals surface area (Å²) in [6, 6.07) is 12.9. The van der Waals surface area contributed by atoms with Crippen LogP contribution in [0.4, 0.5) is 0 Å². The van der Waals surface area contributed by atoms with Gasteiger partial charge in [-0.2, -0.15) is 0 Å². The molecule has 2 aliphatic rings. The van der Waals surface area contributed by atoms with Crippen molar-refractivity contribution in [1.82, 2.24) is 4.90 Å². The van der Waals surface area contributed by atoms with Crippen LogP contribution in [-0.2, 0) is 20.9 Å². The largest absolute Gasteiger partial charge is 0.493 e. The highest BCUT2D eigenvalue weighted by atomic mass is 35.5. The summed E-state index contributed by atoms with van der Waals surface area (Å²) in [7, 11) is 1.55. The first-order valence-electron chi connectivity index (χ1n) is 11.4. The minimum atomic E-state index is -0.420. The molecule has 9 heteroatoms. The van der Waals surface area contributed by atoms with Crippen LogP contribution in [0.2, 0.25) is 5.02 Å². The van der Waals surface area contributed by atoms with Gasteiger partial charge >= 0.3 is 5.97 Å². The standard InChI is InChI=1S/C26H26ClNO5S2/c1-31-22-13-17(11-12-21(22)32-16-18-7-5-6-10-20(18)27)14-23-25(30)28(26(34)35-23)15-24(29)33-19-8-3-2-4-9-19/h5-7,10-14,19H,2-4,8-9,15-16H2,1H3/b23-14-. The van der Waals surface area contributed by atoms with Crippen molar-refractivity contribution in [1.29, 1.82) is 0 Å². The molecule has 0 radical (unpaired) electrons. The molecule has 6 nitrogen and oxygen atoms in total. The molecule has 35 heavy (non-hydrogen) atoms. The lowest BCUT2D eigenvalue weighted by molar-refractivity contribution is -0.152. The average molecular weight is 532 g/mol. The Labute approximate surface area is 219 Å². The Kier molecular flexibility index (Phi) is 8.70. The van der Waals surface area contributed by atoms with E-state index in [0.717, 1.165) is 36.8 Å². The fourth-order valence-electron chi connectivity index (χ4n) is 3.99. The summed E-state index contributed by atoms with van der Waals surface area (Å²) in [6.07, 6.45) is 6.73. The molecule has 4 rings (SSSR count). The molecule has 0 atom stereocenters. The number of ether oxygens (including phenoxy) is 3. The molecule has 1 aliphatic carbocycles. The molecule has 1 saturated carbocycles. The van der Waals surface area contributed by atoms with Gasteiger partial charge < -0.3 is 14.2 Å². The van der Waals surface area contributed by atoms with Crippen molar-refractivity contribution < 1.29 is 23.8 Å². The number of benzene rings is 2. The zero-order valence-corrected chi connectivity index (χ0v) is 21.7. The molecular weight excluding hydrogens is 506 g/mol. The van der Waals surface area contributed by atoms with Gasteiger partial charge in [0.05, 0.1) is 12.0 Å². The maximum Gasteiger partial charge on any atom is 0.326 e. The van der Waals surface area contributed by atoms with Gasteiger partial charge in [0, 0.05) is 10.6 Å². The summed E-state index contributed by atoms with van der Waals surface area (Å²) in [5.41, 5.74) is 1.61. The van der Waals surface area contributed by atoms with E-state index in [1.165, 1.54) is 23.1 Å². The summed E-state index contributed by atoms with van der Waals surface area (Å²) in [4.78, 5) is 27.1. The number of nitrogens with zero attached hydrogens (tertiary/aromatic N) is 1. The SMILES string of the molecule is COc1cc(/C=C2\SC(=S)N(CC(=O)OC3CCCCC3)C2=O)ccc1OCc1ccccc1Cl. The Morgan fingerprint density at radius 1 is 1.17 bits per heavy atom. The Morgan fingerprint density at radius 2 is 1.94 bits per heavy atom. The highest BCUT2D eigenvalue weighted by Gasteiger charge is 2.34. The summed E-state index contributed by atoms with van der Waals surface area (Å²) in [5.74, 6) is 0.356. The van der Waals surface area contributed by atoms with Crippen LogP contribution < -0.4 is 9.47 Å². The fraction of sp³-hybridized carbons (Fsp3) is 0.346. The summed E-state index contributed by atoms with van der Waals surface area (Å²) in [6.45, 7) is 0.127. The average Bonchev–Trinajstić information content (AvgIpc) is 3.11. The molecule has 0 N–H and O–H groups in total. The molecule has 0 aromatic heterocycles. The van der Waals surface area contributed by atoms with E-state index in [2.05, 4.69) is 0 Å². The predicted molar refractivity (Wildman–Crippen MR) is 142 cm³/mol. The highest BCUT2D eigenvalue weighted by molar-refractivity contribution is 8.26. The van der Waals surface area contributed by atoms with Crippen molar-refractivity contribution in [2.24, 2.45) is 0 Å². The van der Waals surface area contributed by atoms with Crippen LogP contribution >= 0.6 is 35.6 Å². The number of hydrogen-bond donors (Lipinski definition) is 0. The van der Waals surface area contributed by atoms with Gasteiger partial charge in [0.25, 0.3) is 5.91 Å². The molecule has 1 heterocycles. The van der Waals surface area contributed by atoms with Gasteiger partial charge in [0.2, 0.25) is 0 Å². The second kappa shape index (κ2) is 11.9. The quantitative estimate of drug-likeness (QED) is 0.235. The first kappa shape index (κ1) is 25.5. The Bertz CT molecular complexity index is 1150. The van der Waals surface area contributed by atoms with Gasteiger partial charge in [0.15, 0.2) is 11.5 Å². The zero-order valence-electron chi connectivity index (χ0n) is 19.3. The number of amides is 1. The van der Waals surface area contributed by atoms with Crippen LogP contribution in [0.5, 0.6) is 11.5 Å². The van der Waals surface area contributed by atoms with E-state index in [9.17, 15) is 9.59 Å². The number of hydrogen-bond acceptors (Lipinski definition) is 7. The van der Waals surface area contributed by atoms with Crippen LogP contribution in [0.3, 0.4) is 0 Å². The van der Waals surface area contributed by atoms with E-state index >= 15 is 0 Å². The van der Waals surface area contributed by atoms with E-state index in [1.54, 1.807) is 25.3 Å². The number of thiocarbonyl (C=S) groups is 1. The van der Waals surface area contributed by atoms with Gasteiger partial charge in [-0.15, -0.1) is 0 Å². The Morgan fingerprint density at radius 3 is 2.69 bits per heavy atom. The van der Waals surface area contributed by atoms with Gasteiger partial charge in [0.1, 0.15) is 23.6 Å². The van der Waals surface area contributed by atoms with Crippen molar-refractivity contribution in [2.75, 3.05) is 13.7 Å². The van der Waals surface area contributed by atoms with E-state index < -0.39 is 5.97 Å². The number of thioether (sulfide) groups is 1. The number of esters is 1. The molecule has 1 amide bonds. The van der Waals surface area contributed by atoms with Crippen molar-refractivity contribution in [2.45, 2.75) is 44.8 Å². The molecule has 0 spiro atoms. The molecular formula is C26H26ClNO5S2. The first-order valence-corrected chi connectivity index (χ1v) is 13.0. The number of carbonyl (C=O) groups excluding carboxylic acids is 2. The number of carbonyl (C=O) groups is 2. The fourth-order valence-corrected chi connectivity index (χ4v) is 5.43. The van der Waals surface area contributed by atoms with E-state index in [1.807, 2.05) is 30.3 Å². The molecule has 0 bridgehead atoms. The van der Waals surface area contributed by atoms with Crippen molar-refractivity contribution in [3.05, 3.63) is 63.5 Å². The highest BCUT2D eigenvalue weighted by Crippen LogP contribution is 2.35. The van der Waals surface area contributed by atoms with E-state index in [0.29, 0.717) is 32.4 Å². The monoisotopic (exact) mass is 531 g/mol. The van der Waals surface area contributed by atoms with Gasteiger partial charge in [-0.3, -0.25) is 14.5 Å². The predicted octanol–water partition coefficient (Wildman–Crippen LogP) is 6.00. The summed E-state index contributed by atoms with van der Waals surface area (Å²) < 4.78 is 17.3. The lowest BCUT2D eigenvalue weighted by atomic mass is 9.98. The molecule has 0 unspecified atom stereocenters. The van der Waals surface area contributed by atoms with Gasteiger partial charge in [-0.25, -0.2) is 0 Å². The minimum Gasteiger partial charge on any atom is -0.493 e. The van der Waals surface area contributed by atoms with E-state index in [4.69, 9.17) is 38.0 Å². The second-order valence-electron chi connectivity index (χ2n) is 8.31. The third-order valence-electron chi connectivity index (χ3n) is 5.84. The lowest BCUT2D eigenvalue weighted by Crippen LogP contribution is -2.36. The summed E-state index contributed by atoms with van der Waals surface area (Å²) in [5, 5.41) is 0.632. The molecule has 2 aromatic carbocycles. The second-order valence-corrected chi connectivity index (χ2v) is 10.4. The molecule has 1 saturated heterocycles. The molecule has 1 aliphatic heterocycles. The molecule has 2 fully saturated rings. The maximum atomic E-state index is 12.9. The maximum absolute atomic E-state index is 12.9. The van der Waals surface area contributed by atoms with Crippen LogP contribution in [0.25, 0.3) is 6.08 Å². The normalized spacial score (nSPS) is 17.7. The topological polar surface area (TPSA) is 65.1 Å². The summed E-state index contributed by atoms with van der Waals surface area (Å²) >= 11 is 12.7. The van der Waals surface area contributed by atoms with Crippen molar-refractivity contribution >= 4 is 57.9 Å². The van der Waals surface area contributed by atoms with Gasteiger partial charge in [-0.05, 0) is 55.5 Å². The van der Waals surface area contributed by atoms with Crippen molar-refractivity contribution in [3.8, 4) is 11.5 Å². The first-order chi connectivity index (χ1) is 16.9. The molecule has 2 aromatic rings. The van der Waals surface area contributed by atoms with Crippen LogP contribution in [0, 0.1) is 0 Å². The molecule has 184 valence electrons. The zero-order chi connectivity index (χ0) is 24.8. The van der Waals surface area contributed by atoms with E-state index in [-0.39, 0.29) is 18.6 Å². The third-order valence-corrected chi connectivity index (χ3v) is 7.58. The third kappa shape index (κ3) is 6.57. The smallest absolute Gasteiger partial charge is 0.326 e. The van der Waals surface area contributed by atoms with Crippen LogP contribution in [0.15, 0.2) is 47.4 Å². The number of halogens is 1. The minimum absolute atomic E-state index is 0.0590.